The zero-order chi connectivity index (χ0) is 14.3. The molecule has 1 saturated heterocycles. The molecule has 1 aromatic rings. The van der Waals surface area contributed by atoms with Gasteiger partial charge in [-0.25, -0.2) is 0 Å². The molecule has 0 spiro atoms. The van der Waals surface area contributed by atoms with Crippen LogP contribution in [0.4, 0.5) is 0 Å². The standard InChI is InChI=1S/C15H21BO3/c1-11-10-13(17)7-6-12(11)8-9-16-18-14(2,3)15(4,5)19-16/h6-10,17H,1-5H3/b9-8+. The van der Waals surface area contributed by atoms with E-state index in [1.54, 1.807) is 12.1 Å². The average Bonchev–Trinajstić information content (AvgIpc) is 2.46. The fourth-order valence-electron chi connectivity index (χ4n) is 2.00. The maximum absolute atomic E-state index is 9.38. The number of phenols is 1. The molecule has 0 saturated carbocycles. The normalized spacial score (nSPS) is 21.2. The summed E-state index contributed by atoms with van der Waals surface area (Å²) in [5, 5.41) is 9.38. The Morgan fingerprint density at radius 3 is 2.21 bits per heavy atom. The number of aryl methyl sites for hydroxylation is 1. The molecule has 1 aromatic carbocycles. The maximum Gasteiger partial charge on any atom is 0.487 e. The average molecular weight is 260 g/mol. The quantitative estimate of drug-likeness (QED) is 0.829. The molecule has 1 N–H and O–H groups in total. The zero-order valence-electron chi connectivity index (χ0n) is 12.2. The van der Waals surface area contributed by atoms with E-state index in [4.69, 9.17) is 9.31 Å². The van der Waals surface area contributed by atoms with E-state index in [1.165, 1.54) is 0 Å². The molecule has 2 rings (SSSR count). The third-order valence-corrected chi connectivity index (χ3v) is 3.96. The number of phenolic OH excluding ortho intramolecular Hbond substituents is 1. The molecular weight excluding hydrogens is 239 g/mol. The van der Waals surface area contributed by atoms with Crippen molar-refractivity contribution in [3.05, 3.63) is 35.3 Å². The Labute approximate surface area is 115 Å². The maximum atomic E-state index is 9.38. The van der Waals surface area contributed by atoms with Gasteiger partial charge in [0, 0.05) is 0 Å². The van der Waals surface area contributed by atoms with Gasteiger partial charge in [0.15, 0.2) is 0 Å². The van der Waals surface area contributed by atoms with Crippen LogP contribution in [-0.2, 0) is 9.31 Å². The smallest absolute Gasteiger partial charge is 0.487 e. The number of hydrogen-bond donors (Lipinski definition) is 1. The van der Waals surface area contributed by atoms with E-state index < -0.39 is 0 Å². The minimum absolute atomic E-state index is 0.283. The van der Waals surface area contributed by atoms with Crippen LogP contribution in [0.2, 0.25) is 0 Å². The zero-order valence-corrected chi connectivity index (χ0v) is 12.2. The summed E-state index contributed by atoms with van der Waals surface area (Å²) in [5.74, 6) is 2.20. The van der Waals surface area contributed by atoms with Gasteiger partial charge in [0.05, 0.1) is 11.2 Å². The molecule has 0 bridgehead atoms. The van der Waals surface area contributed by atoms with Gasteiger partial charge < -0.3 is 14.4 Å². The molecular formula is C15H21BO3. The molecule has 0 atom stereocenters. The van der Waals surface area contributed by atoms with Crippen LogP contribution in [0.3, 0.4) is 0 Å². The molecule has 0 aliphatic carbocycles. The third-order valence-electron chi connectivity index (χ3n) is 3.96. The van der Waals surface area contributed by atoms with E-state index in [2.05, 4.69) is 0 Å². The highest BCUT2D eigenvalue weighted by molar-refractivity contribution is 6.52. The molecule has 1 heterocycles. The third kappa shape index (κ3) is 2.85. The Kier molecular flexibility index (Phi) is 3.50. The van der Waals surface area contributed by atoms with Crippen molar-refractivity contribution < 1.29 is 14.4 Å². The lowest BCUT2D eigenvalue weighted by molar-refractivity contribution is 0.00578. The van der Waals surface area contributed by atoms with Gasteiger partial charge in [-0.2, -0.15) is 0 Å². The largest absolute Gasteiger partial charge is 0.508 e. The second-order valence-corrected chi connectivity index (χ2v) is 6.02. The van der Waals surface area contributed by atoms with Crippen LogP contribution >= 0.6 is 0 Å². The first kappa shape index (κ1) is 14.2. The summed E-state index contributed by atoms with van der Waals surface area (Å²) >= 11 is 0. The molecule has 1 fully saturated rings. The summed E-state index contributed by atoms with van der Waals surface area (Å²) < 4.78 is 11.8. The van der Waals surface area contributed by atoms with E-state index in [-0.39, 0.29) is 24.1 Å². The molecule has 1 aliphatic heterocycles. The molecule has 1 aliphatic rings. The number of rotatable bonds is 2. The fourth-order valence-corrected chi connectivity index (χ4v) is 2.00. The van der Waals surface area contributed by atoms with Crippen LogP contribution in [0, 0.1) is 6.92 Å². The SMILES string of the molecule is Cc1cc(O)ccc1/C=C/B1OC(C)(C)C(C)(C)O1. The van der Waals surface area contributed by atoms with Crippen molar-refractivity contribution in [3.63, 3.8) is 0 Å². The first-order valence-corrected chi connectivity index (χ1v) is 6.55. The molecule has 0 amide bonds. The summed E-state index contributed by atoms with van der Waals surface area (Å²) in [4.78, 5) is 0. The predicted octanol–water partition coefficient (Wildman–Crippen LogP) is 3.35. The van der Waals surface area contributed by atoms with Crippen LogP contribution in [-0.4, -0.2) is 23.4 Å². The van der Waals surface area contributed by atoms with Gasteiger partial charge in [0.2, 0.25) is 0 Å². The first-order chi connectivity index (χ1) is 8.71. The lowest BCUT2D eigenvalue weighted by Gasteiger charge is -2.32. The molecule has 4 heteroatoms. The van der Waals surface area contributed by atoms with Crippen molar-refractivity contribution in [2.24, 2.45) is 0 Å². The summed E-state index contributed by atoms with van der Waals surface area (Å²) in [7, 11) is -0.335. The van der Waals surface area contributed by atoms with E-state index in [0.717, 1.165) is 11.1 Å². The summed E-state index contributed by atoms with van der Waals surface area (Å²) in [6.45, 7) is 10.1. The fraction of sp³-hybridized carbons (Fsp3) is 0.467. The van der Waals surface area contributed by atoms with Crippen LogP contribution < -0.4 is 0 Å². The Morgan fingerprint density at radius 1 is 1.11 bits per heavy atom. The van der Waals surface area contributed by atoms with Crippen molar-refractivity contribution in [3.8, 4) is 5.75 Å². The number of hydrogen-bond acceptors (Lipinski definition) is 3. The highest BCUT2D eigenvalue weighted by Crippen LogP contribution is 2.37. The predicted molar refractivity (Wildman–Crippen MR) is 78.0 cm³/mol. The van der Waals surface area contributed by atoms with Gasteiger partial charge in [0.1, 0.15) is 5.75 Å². The van der Waals surface area contributed by atoms with E-state index in [1.807, 2.05) is 52.7 Å². The van der Waals surface area contributed by atoms with E-state index in [0.29, 0.717) is 0 Å². The summed E-state index contributed by atoms with van der Waals surface area (Å²) in [6, 6.07) is 5.30. The van der Waals surface area contributed by atoms with Crippen molar-refractivity contribution in [2.45, 2.75) is 45.8 Å². The van der Waals surface area contributed by atoms with Gasteiger partial charge in [-0.1, -0.05) is 18.1 Å². The Hall–Kier alpha value is -1.26. The molecule has 0 radical (unpaired) electrons. The summed E-state index contributed by atoms with van der Waals surface area (Å²) in [5.41, 5.74) is 1.44. The van der Waals surface area contributed by atoms with E-state index in [9.17, 15) is 5.11 Å². The van der Waals surface area contributed by atoms with Gasteiger partial charge >= 0.3 is 7.12 Å². The minimum Gasteiger partial charge on any atom is -0.508 e. The molecule has 19 heavy (non-hydrogen) atoms. The van der Waals surface area contributed by atoms with Crippen LogP contribution in [0.15, 0.2) is 24.2 Å². The van der Waals surface area contributed by atoms with Gasteiger partial charge in [-0.05, 0) is 57.9 Å². The van der Waals surface area contributed by atoms with Crippen molar-refractivity contribution in [1.82, 2.24) is 0 Å². The topological polar surface area (TPSA) is 38.7 Å². The lowest BCUT2D eigenvalue weighted by Crippen LogP contribution is -2.41. The van der Waals surface area contributed by atoms with Crippen LogP contribution in [0.1, 0.15) is 38.8 Å². The lowest BCUT2D eigenvalue weighted by atomic mass is 9.88. The summed E-state index contributed by atoms with van der Waals surface area (Å²) in [6.07, 6.45) is 1.97. The molecule has 0 aromatic heterocycles. The van der Waals surface area contributed by atoms with Gasteiger partial charge in [-0.3, -0.25) is 0 Å². The minimum atomic E-state index is -0.335. The molecule has 3 nitrogen and oxygen atoms in total. The van der Waals surface area contributed by atoms with Crippen molar-refractivity contribution in [2.75, 3.05) is 0 Å². The van der Waals surface area contributed by atoms with Crippen molar-refractivity contribution in [1.29, 1.82) is 0 Å². The molecule has 0 unspecified atom stereocenters. The van der Waals surface area contributed by atoms with Crippen LogP contribution in [0.5, 0.6) is 5.75 Å². The monoisotopic (exact) mass is 260 g/mol. The number of aromatic hydroxyl groups is 1. The van der Waals surface area contributed by atoms with Gasteiger partial charge in [0.25, 0.3) is 0 Å². The van der Waals surface area contributed by atoms with Crippen molar-refractivity contribution >= 4 is 13.2 Å². The Morgan fingerprint density at radius 2 is 1.68 bits per heavy atom. The van der Waals surface area contributed by atoms with E-state index >= 15 is 0 Å². The first-order valence-electron chi connectivity index (χ1n) is 6.55. The Bertz CT molecular complexity index is 490. The number of benzene rings is 1. The Balaban J connectivity index is 2.13. The molecule has 102 valence electrons. The second-order valence-electron chi connectivity index (χ2n) is 6.02. The highest BCUT2D eigenvalue weighted by Gasteiger charge is 2.49. The van der Waals surface area contributed by atoms with Crippen LogP contribution in [0.25, 0.3) is 6.08 Å². The van der Waals surface area contributed by atoms with Gasteiger partial charge in [-0.15, -0.1) is 0 Å². The second kappa shape index (κ2) is 4.69. The highest BCUT2D eigenvalue weighted by atomic mass is 16.7.